The molecule has 0 bridgehead atoms. The minimum Gasteiger partial charge on any atom is -0.466 e. The highest BCUT2D eigenvalue weighted by molar-refractivity contribution is 6.00. The van der Waals surface area contributed by atoms with Crippen molar-refractivity contribution in [2.45, 2.75) is 25.7 Å². The molecule has 0 aliphatic heterocycles. The molecule has 1 atom stereocenters. The van der Waals surface area contributed by atoms with E-state index in [1.807, 2.05) is 18.2 Å². The first-order chi connectivity index (χ1) is 11.2. The molecule has 0 saturated heterocycles. The average molecular weight is 313 g/mol. The van der Waals surface area contributed by atoms with E-state index in [0.717, 1.165) is 5.56 Å². The first-order valence-corrected chi connectivity index (χ1v) is 7.41. The van der Waals surface area contributed by atoms with E-state index in [-0.39, 0.29) is 18.3 Å². The largest absolute Gasteiger partial charge is 0.466 e. The molecule has 2 aromatic heterocycles. The van der Waals surface area contributed by atoms with Crippen molar-refractivity contribution in [3.63, 3.8) is 0 Å². The Bertz CT molecular complexity index is 645. The van der Waals surface area contributed by atoms with Gasteiger partial charge in [-0.25, -0.2) is 0 Å². The predicted molar refractivity (Wildman–Crippen MR) is 85.4 cm³/mol. The van der Waals surface area contributed by atoms with Crippen LogP contribution in [0.3, 0.4) is 0 Å². The summed E-state index contributed by atoms with van der Waals surface area (Å²) in [4.78, 5) is 20.0. The highest BCUT2D eigenvalue weighted by Crippen LogP contribution is 2.25. The lowest BCUT2D eigenvalue weighted by atomic mass is 9.90. The van der Waals surface area contributed by atoms with Gasteiger partial charge in [0.1, 0.15) is 0 Å². The molecular formula is C17H19N3O3. The fourth-order valence-corrected chi connectivity index (χ4v) is 2.33. The Kier molecular flexibility index (Phi) is 6.23. The SMILES string of the molecule is CCOC(=O)C[C@H](C/C(=N\O)c1cccnc1)c1cccnc1. The Hall–Kier alpha value is -2.76. The van der Waals surface area contributed by atoms with Gasteiger partial charge < -0.3 is 9.94 Å². The third-order valence-corrected chi connectivity index (χ3v) is 3.43. The summed E-state index contributed by atoms with van der Waals surface area (Å²) < 4.78 is 5.04. The van der Waals surface area contributed by atoms with Gasteiger partial charge in [0.05, 0.1) is 18.7 Å². The van der Waals surface area contributed by atoms with E-state index in [1.54, 1.807) is 37.8 Å². The van der Waals surface area contributed by atoms with Crippen LogP contribution in [-0.4, -0.2) is 33.5 Å². The molecule has 0 spiro atoms. The molecule has 0 saturated carbocycles. The van der Waals surface area contributed by atoms with E-state index in [1.165, 1.54) is 0 Å². The summed E-state index contributed by atoms with van der Waals surface area (Å²) in [5.41, 5.74) is 2.08. The van der Waals surface area contributed by atoms with Crippen molar-refractivity contribution in [3.05, 3.63) is 60.2 Å². The lowest BCUT2D eigenvalue weighted by Crippen LogP contribution is -2.15. The zero-order chi connectivity index (χ0) is 16.5. The van der Waals surface area contributed by atoms with Gasteiger partial charge in [0, 0.05) is 42.7 Å². The summed E-state index contributed by atoms with van der Waals surface area (Å²) in [6, 6.07) is 7.29. The van der Waals surface area contributed by atoms with Gasteiger partial charge in [-0.2, -0.15) is 0 Å². The maximum atomic E-state index is 11.9. The van der Waals surface area contributed by atoms with Crippen LogP contribution >= 0.6 is 0 Å². The molecule has 120 valence electrons. The second-order valence-corrected chi connectivity index (χ2v) is 4.98. The molecule has 2 heterocycles. The number of nitrogens with zero attached hydrogens (tertiary/aromatic N) is 3. The molecule has 2 rings (SSSR count). The van der Waals surface area contributed by atoms with Crippen molar-refractivity contribution in [1.29, 1.82) is 0 Å². The van der Waals surface area contributed by atoms with Crippen LogP contribution in [-0.2, 0) is 9.53 Å². The minimum atomic E-state index is -0.287. The Labute approximate surface area is 134 Å². The maximum absolute atomic E-state index is 11.9. The number of hydrogen-bond donors (Lipinski definition) is 1. The van der Waals surface area contributed by atoms with Crippen molar-refractivity contribution in [3.8, 4) is 0 Å². The van der Waals surface area contributed by atoms with Gasteiger partial charge in [-0.05, 0) is 30.7 Å². The Morgan fingerprint density at radius 1 is 1.22 bits per heavy atom. The lowest BCUT2D eigenvalue weighted by molar-refractivity contribution is -0.143. The fraction of sp³-hybridized carbons (Fsp3) is 0.294. The van der Waals surface area contributed by atoms with Gasteiger partial charge in [0.2, 0.25) is 0 Å². The number of pyridine rings is 2. The topological polar surface area (TPSA) is 84.7 Å². The summed E-state index contributed by atoms with van der Waals surface area (Å²) in [5, 5.41) is 12.7. The van der Waals surface area contributed by atoms with Crippen molar-refractivity contribution >= 4 is 11.7 Å². The van der Waals surface area contributed by atoms with E-state index >= 15 is 0 Å². The van der Waals surface area contributed by atoms with E-state index in [0.29, 0.717) is 24.3 Å². The van der Waals surface area contributed by atoms with Crippen LogP contribution in [0.25, 0.3) is 0 Å². The Morgan fingerprint density at radius 3 is 2.52 bits per heavy atom. The summed E-state index contributed by atoms with van der Waals surface area (Å²) in [7, 11) is 0. The smallest absolute Gasteiger partial charge is 0.306 e. The monoisotopic (exact) mass is 313 g/mol. The highest BCUT2D eigenvalue weighted by Gasteiger charge is 2.21. The zero-order valence-electron chi connectivity index (χ0n) is 12.9. The Morgan fingerprint density at radius 2 is 1.96 bits per heavy atom. The van der Waals surface area contributed by atoms with Crippen LogP contribution in [0.5, 0.6) is 0 Å². The van der Waals surface area contributed by atoms with E-state index < -0.39 is 0 Å². The van der Waals surface area contributed by atoms with Crippen LogP contribution in [0.2, 0.25) is 0 Å². The third-order valence-electron chi connectivity index (χ3n) is 3.43. The number of aromatic nitrogens is 2. The maximum Gasteiger partial charge on any atom is 0.306 e. The molecule has 6 heteroatoms. The van der Waals surface area contributed by atoms with Crippen LogP contribution < -0.4 is 0 Å². The molecule has 0 fully saturated rings. The molecule has 0 aliphatic rings. The van der Waals surface area contributed by atoms with Crippen LogP contribution in [0.4, 0.5) is 0 Å². The molecule has 0 unspecified atom stereocenters. The number of oxime groups is 1. The third kappa shape index (κ3) is 4.88. The molecule has 23 heavy (non-hydrogen) atoms. The summed E-state index contributed by atoms with van der Waals surface area (Å²) >= 11 is 0. The van der Waals surface area contributed by atoms with Gasteiger partial charge in [0.15, 0.2) is 0 Å². The zero-order valence-corrected chi connectivity index (χ0v) is 12.9. The first kappa shape index (κ1) is 16.6. The average Bonchev–Trinajstić information content (AvgIpc) is 2.60. The molecule has 0 amide bonds. The van der Waals surface area contributed by atoms with Gasteiger partial charge in [0.25, 0.3) is 0 Å². The number of carbonyl (C=O) groups excluding carboxylic acids is 1. The number of ether oxygens (including phenoxy) is 1. The molecule has 0 aliphatic carbocycles. The quantitative estimate of drug-likeness (QED) is 0.368. The van der Waals surface area contributed by atoms with Gasteiger partial charge >= 0.3 is 5.97 Å². The lowest BCUT2D eigenvalue weighted by Gasteiger charge is -2.17. The van der Waals surface area contributed by atoms with Crippen LogP contribution in [0.15, 0.2) is 54.2 Å². The Balaban J connectivity index is 2.21. The number of rotatable bonds is 7. The predicted octanol–water partition coefficient (Wildman–Crippen LogP) is 2.78. The van der Waals surface area contributed by atoms with Crippen molar-refractivity contribution in [2.75, 3.05) is 6.61 Å². The van der Waals surface area contributed by atoms with E-state index in [2.05, 4.69) is 15.1 Å². The molecular weight excluding hydrogens is 294 g/mol. The summed E-state index contributed by atoms with van der Waals surface area (Å²) in [6.45, 7) is 2.11. The minimum absolute atomic E-state index is 0.186. The van der Waals surface area contributed by atoms with Crippen molar-refractivity contribution in [1.82, 2.24) is 9.97 Å². The standard InChI is InChI=1S/C17H19N3O3/c1-2-23-17(21)10-15(13-5-3-7-18-11-13)9-16(20-22)14-6-4-8-19-12-14/h3-8,11-12,15,22H,2,9-10H2,1H3/b20-16+/t15-/m0/s1. The van der Waals surface area contributed by atoms with Crippen molar-refractivity contribution < 1.29 is 14.7 Å². The second-order valence-electron chi connectivity index (χ2n) is 4.98. The number of hydrogen-bond acceptors (Lipinski definition) is 6. The summed E-state index contributed by atoms with van der Waals surface area (Å²) in [6.07, 6.45) is 7.23. The van der Waals surface area contributed by atoms with Crippen molar-refractivity contribution in [2.24, 2.45) is 5.16 Å². The van der Waals surface area contributed by atoms with Crippen LogP contribution in [0.1, 0.15) is 36.8 Å². The van der Waals surface area contributed by atoms with E-state index in [4.69, 9.17) is 4.74 Å². The fourth-order valence-electron chi connectivity index (χ4n) is 2.33. The van der Waals surface area contributed by atoms with Gasteiger partial charge in [-0.15, -0.1) is 0 Å². The highest BCUT2D eigenvalue weighted by atomic mass is 16.5. The number of esters is 1. The molecule has 6 nitrogen and oxygen atoms in total. The molecule has 1 N–H and O–H groups in total. The number of carbonyl (C=O) groups is 1. The molecule has 2 aromatic rings. The summed E-state index contributed by atoms with van der Waals surface area (Å²) in [5.74, 6) is -0.473. The molecule has 0 aromatic carbocycles. The van der Waals surface area contributed by atoms with Crippen LogP contribution in [0, 0.1) is 0 Å². The first-order valence-electron chi connectivity index (χ1n) is 7.41. The second kappa shape index (κ2) is 8.63. The van der Waals surface area contributed by atoms with Gasteiger partial charge in [-0.1, -0.05) is 11.2 Å². The van der Waals surface area contributed by atoms with E-state index in [9.17, 15) is 10.0 Å². The van der Waals surface area contributed by atoms with Gasteiger partial charge in [-0.3, -0.25) is 14.8 Å². The molecule has 0 radical (unpaired) electrons. The normalized spacial score (nSPS) is 12.7.